The molecular formula is C16H26N4O4. The first kappa shape index (κ1) is 17.2. The van der Waals surface area contributed by atoms with Gasteiger partial charge in [-0.15, -0.1) is 0 Å². The highest BCUT2D eigenvalue weighted by molar-refractivity contribution is 6.40. The van der Waals surface area contributed by atoms with Crippen molar-refractivity contribution in [3.05, 3.63) is 0 Å². The zero-order valence-electron chi connectivity index (χ0n) is 14.6. The van der Waals surface area contributed by atoms with E-state index in [1.54, 1.807) is 9.80 Å². The van der Waals surface area contributed by atoms with Gasteiger partial charge in [0.15, 0.2) is 11.8 Å². The number of morpholine rings is 1. The summed E-state index contributed by atoms with van der Waals surface area (Å²) >= 11 is 0. The van der Waals surface area contributed by atoms with Crippen LogP contribution in [0.25, 0.3) is 0 Å². The van der Waals surface area contributed by atoms with Gasteiger partial charge in [0.05, 0.1) is 32.2 Å². The van der Waals surface area contributed by atoms with Crippen molar-refractivity contribution in [2.45, 2.75) is 26.0 Å². The molecular weight excluding hydrogens is 312 g/mol. The number of ether oxygens (including phenoxy) is 1. The van der Waals surface area contributed by atoms with E-state index in [1.165, 1.54) is 0 Å². The van der Waals surface area contributed by atoms with Crippen molar-refractivity contribution in [3.63, 3.8) is 0 Å². The van der Waals surface area contributed by atoms with Crippen LogP contribution < -0.4 is 0 Å². The van der Waals surface area contributed by atoms with E-state index in [4.69, 9.17) is 9.57 Å². The largest absolute Gasteiger partial charge is 0.389 e. The summed E-state index contributed by atoms with van der Waals surface area (Å²) in [6.07, 6.45) is -0.196. The Kier molecular flexibility index (Phi) is 5.05. The van der Waals surface area contributed by atoms with Gasteiger partial charge in [0.2, 0.25) is 5.91 Å². The molecule has 0 aromatic heterocycles. The lowest BCUT2D eigenvalue weighted by molar-refractivity contribution is -0.132. The van der Waals surface area contributed by atoms with E-state index in [0.29, 0.717) is 57.7 Å². The first-order chi connectivity index (χ1) is 11.5. The van der Waals surface area contributed by atoms with Gasteiger partial charge >= 0.3 is 0 Å². The van der Waals surface area contributed by atoms with Crippen LogP contribution in [0.15, 0.2) is 5.16 Å². The van der Waals surface area contributed by atoms with Crippen LogP contribution in [0.2, 0.25) is 0 Å². The van der Waals surface area contributed by atoms with Crippen molar-refractivity contribution in [3.8, 4) is 0 Å². The van der Waals surface area contributed by atoms with E-state index in [2.05, 4.69) is 19.0 Å². The average molecular weight is 338 g/mol. The number of rotatable bonds is 4. The summed E-state index contributed by atoms with van der Waals surface area (Å²) in [4.78, 5) is 36.1. The maximum atomic E-state index is 12.6. The number of carbonyl (C=O) groups is 2. The molecule has 3 rings (SSSR count). The molecule has 0 aromatic rings. The molecule has 8 nitrogen and oxygen atoms in total. The van der Waals surface area contributed by atoms with Crippen LogP contribution in [0.5, 0.6) is 0 Å². The maximum absolute atomic E-state index is 12.6. The predicted octanol–water partition coefficient (Wildman–Crippen LogP) is -0.601. The molecule has 3 heterocycles. The molecule has 24 heavy (non-hydrogen) atoms. The Morgan fingerprint density at radius 1 is 1.25 bits per heavy atom. The predicted molar refractivity (Wildman–Crippen MR) is 87.5 cm³/mol. The van der Waals surface area contributed by atoms with E-state index in [0.717, 1.165) is 0 Å². The molecule has 3 aliphatic rings. The molecule has 0 spiro atoms. The Labute approximate surface area is 142 Å². The second-order valence-corrected chi connectivity index (χ2v) is 6.94. The fraction of sp³-hybridized carbons (Fsp3) is 0.812. The summed E-state index contributed by atoms with van der Waals surface area (Å²) < 4.78 is 5.28. The van der Waals surface area contributed by atoms with E-state index < -0.39 is 0 Å². The summed E-state index contributed by atoms with van der Waals surface area (Å²) in [5.41, 5.74) is 0.453. The van der Waals surface area contributed by atoms with Crippen molar-refractivity contribution in [2.75, 3.05) is 53.0 Å². The van der Waals surface area contributed by atoms with E-state index >= 15 is 0 Å². The molecule has 0 radical (unpaired) electrons. The summed E-state index contributed by atoms with van der Waals surface area (Å²) in [6, 6.07) is 0.312. The Morgan fingerprint density at radius 3 is 2.62 bits per heavy atom. The van der Waals surface area contributed by atoms with Crippen molar-refractivity contribution < 1.29 is 19.2 Å². The number of oxime groups is 1. The van der Waals surface area contributed by atoms with Gasteiger partial charge in [-0.05, 0) is 20.9 Å². The van der Waals surface area contributed by atoms with Gasteiger partial charge in [-0.25, -0.2) is 0 Å². The number of hydrogen-bond acceptors (Lipinski definition) is 6. The number of nitrogens with zero attached hydrogens (tertiary/aromatic N) is 4. The van der Waals surface area contributed by atoms with Gasteiger partial charge < -0.3 is 19.4 Å². The Balaban J connectivity index is 1.59. The molecule has 0 aromatic carbocycles. The third-order valence-corrected chi connectivity index (χ3v) is 5.04. The summed E-state index contributed by atoms with van der Waals surface area (Å²) in [5.74, 6) is -0.129. The molecule has 8 heteroatoms. The monoisotopic (exact) mass is 338 g/mol. The van der Waals surface area contributed by atoms with Crippen LogP contribution in [0.3, 0.4) is 0 Å². The van der Waals surface area contributed by atoms with E-state index in [1.807, 2.05) is 11.9 Å². The lowest BCUT2D eigenvalue weighted by Gasteiger charge is -2.27. The first-order valence-electron chi connectivity index (χ1n) is 8.56. The quantitative estimate of drug-likeness (QED) is 0.684. The van der Waals surface area contributed by atoms with Crippen molar-refractivity contribution in [1.82, 2.24) is 14.7 Å². The highest BCUT2D eigenvalue weighted by atomic mass is 16.6. The van der Waals surface area contributed by atoms with Gasteiger partial charge in [0, 0.05) is 25.7 Å². The standard InChI is InChI=1S/C16H26N4O4/c1-11(2)18(3)10-14(21)20-8-12-13(9-20)24-17-15(12)16(22)19-4-6-23-7-5-19/h11-13H,4-10H2,1-3H3/t12-,13+/m0/s1. The van der Waals surface area contributed by atoms with Crippen LogP contribution in [0, 0.1) is 5.92 Å². The first-order valence-corrected chi connectivity index (χ1v) is 8.56. The molecule has 134 valence electrons. The number of fused-ring (bicyclic) bond motifs is 1. The van der Waals surface area contributed by atoms with Gasteiger partial charge in [-0.1, -0.05) is 5.16 Å². The van der Waals surface area contributed by atoms with Gasteiger partial charge in [-0.3, -0.25) is 14.5 Å². The topological polar surface area (TPSA) is 74.7 Å². The molecule has 3 aliphatic heterocycles. The SMILES string of the molecule is CC(C)N(C)CC(=O)N1C[C@@H]2C(C(=O)N3CCOCC3)=NO[C@@H]2C1. The van der Waals surface area contributed by atoms with Crippen LogP contribution in [-0.2, 0) is 19.2 Å². The Bertz CT molecular complexity index is 530. The third kappa shape index (κ3) is 3.39. The number of hydrogen-bond donors (Lipinski definition) is 0. The minimum absolute atomic E-state index is 0.0716. The molecule has 2 saturated heterocycles. The highest BCUT2D eigenvalue weighted by Gasteiger charge is 2.47. The fourth-order valence-corrected chi connectivity index (χ4v) is 3.16. The molecule has 2 atom stereocenters. The number of likely N-dealkylation sites (N-methyl/N-ethyl adjacent to an activating group) is 1. The minimum Gasteiger partial charge on any atom is -0.389 e. The normalized spacial score (nSPS) is 26.6. The van der Waals surface area contributed by atoms with Crippen LogP contribution >= 0.6 is 0 Å². The average Bonchev–Trinajstić information content (AvgIpc) is 3.15. The lowest BCUT2D eigenvalue weighted by atomic mass is 10.00. The van der Waals surface area contributed by atoms with E-state index in [9.17, 15) is 9.59 Å². The minimum atomic E-state index is -0.196. The Hall–Kier alpha value is -1.67. The summed E-state index contributed by atoms with van der Waals surface area (Å²) in [7, 11) is 1.94. The number of carbonyl (C=O) groups excluding carboxylic acids is 2. The van der Waals surface area contributed by atoms with Gasteiger partial charge in [0.25, 0.3) is 5.91 Å². The number of likely N-dealkylation sites (tertiary alicyclic amines) is 1. The number of amides is 2. The maximum Gasteiger partial charge on any atom is 0.272 e. The van der Waals surface area contributed by atoms with Crippen LogP contribution in [-0.4, -0.2) is 97.4 Å². The summed E-state index contributed by atoms with van der Waals surface area (Å²) in [6.45, 7) is 7.76. The molecule has 0 N–H and O–H groups in total. The molecule has 0 saturated carbocycles. The second kappa shape index (κ2) is 7.06. The van der Waals surface area contributed by atoms with E-state index in [-0.39, 0.29) is 23.8 Å². The van der Waals surface area contributed by atoms with Crippen LogP contribution in [0.4, 0.5) is 0 Å². The molecule has 0 unspecified atom stereocenters. The lowest BCUT2D eigenvalue weighted by Crippen LogP contribution is -2.46. The highest BCUT2D eigenvalue weighted by Crippen LogP contribution is 2.28. The fourth-order valence-electron chi connectivity index (χ4n) is 3.16. The van der Waals surface area contributed by atoms with Crippen molar-refractivity contribution in [1.29, 1.82) is 0 Å². The van der Waals surface area contributed by atoms with Crippen LogP contribution in [0.1, 0.15) is 13.8 Å². The zero-order valence-corrected chi connectivity index (χ0v) is 14.6. The van der Waals surface area contributed by atoms with Crippen molar-refractivity contribution >= 4 is 17.5 Å². The second-order valence-electron chi connectivity index (χ2n) is 6.94. The third-order valence-electron chi connectivity index (χ3n) is 5.04. The van der Waals surface area contributed by atoms with Gasteiger partial charge in [0.1, 0.15) is 0 Å². The molecule has 2 amide bonds. The molecule has 2 fully saturated rings. The molecule has 0 bridgehead atoms. The van der Waals surface area contributed by atoms with Crippen molar-refractivity contribution in [2.24, 2.45) is 11.1 Å². The van der Waals surface area contributed by atoms with Gasteiger partial charge in [-0.2, -0.15) is 0 Å². The smallest absolute Gasteiger partial charge is 0.272 e. The molecule has 0 aliphatic carbocycles. The summed E-state index contributed by atoms with van der Waals surface area (Å²) in [5, 5.41) is 4.01. The Morgan fingerprint density at radius 2 is 1.96 bits per heavy atom. The zero-order chi connectivity index (χ0) is 17.3.